The predicted octanol–water partition coefficient (Wildman–Crippen LogP) is 2.14. The van der Waals surface area contributed by atoms with E-state index in [1.807, 2.05) is 0 Å². The fourth-order valence-electron chi connectivity index (χ4n) is 2.86. The normalized spacial score (nSPS) is 22.9. The molecule has 0 bridgehead atoms. The number of methoxy groups -OCH3 is 2. The highest BCUT2D eigenvalue weighted by Crippen LogP contribution is 2.27. The molecule has 3 rings (SSSR count). The van der Waals surface area contributed by atoms with Crippen LogP contribution < -0.4 is 9.47 Å². The van der Waals surface area contributed by atoms with Crippen LogP contribution in [0.2, 0.25) is 0 Å². The van der Waals surface area contributed by atoms with Gasteiger partial charge < -0.3 is 28.8 Å². The summed E-state index contributed by atoms with van der Waals surface area (Å²) in [6, 6.07) is 12.2. The van der Waals surface area contributed by atoms with Gasteiger partial charge in [-0.1, -0.05) is 0 Å². The van der Waals surface area contributed by atoms with Crippen LogP contribution in [0.1, 0.15) is 20.7 Å². The molecule has 1 saturated heterocycles. The molecule has 2 aromatic carbocycles. The van der Waals surface area contributed by atoms with Crippen LogP contribution in [0, 0.1) is 0 Å². The van der Waals surface area contributed by atoms with Crippen LogP contribution in [-0.2, 0) is 14.2 Å². The molecule has 8 nitrogen and oxygen atoms in total. The fraction of sp³-hybridized carbons (Fsp3) is 0.333. The minimum Gasteiger partial charge on any atom is -0.497 e. The van der Waals surface area contributed by atoms with Crippen molar-refractivity contribution >= 4 is 11.9 Å². The van der Waals surface area contributed by atoms with Crippen molar-refractivity contribution in [2.75, 3.05) is 20.8 Å². The Kier molecular flexibility index (Phi) is 6.86. The lowest BCUT2D eigenvalue weighted by atomic mass is 10.1. The number of benzene rings is 2. The average Bonchev–Trinajstić information content (AvgIpc) is 3.05. The molecule has 0 spiro atoms. The molecule has 30 heavy (non-hydrogen) atoms. The van der Waals surface area contributed by atoms with Gasteiger partial charge in [0.25, 0.3) is 0 Å². The number of esters is 2. The van der Waals surface area contributed by atoms with Gasteiger partial charge in [-0.3, -0.25) is 0 Å². The lowest BCUT2D eigenvalue weighted by molar-refractivity contribution is -0.122. The molecule has 0 saturated carbocycles. The first-order valence-electron chi connectivity index (χ1n) is 9.06. The van der Waals surface area contributed by atoms with Crippen LogP contribution in [-0.4, -0.2) is 62.5 Å². The van der Waals surface area contributed by atoms with Gasteiger partial charge in [-0.2, -0.15) is 0 Å². The standard InChI is InChI=1S/C21H21FO8/c1-26-14-7-3-12(4-8-14)19(23)28-11-16-18(17(22)21(25)29-16)30-20(24)13-5-9-15(27-2)10-6-13/h3-10,16-18,21,25H,11H2,1-2H3/t16?,17-,18+,21?/m0/s1. The van der Waals surface area contributed by atoms with E-state index >= 15 is 0 Å². The molecule has 2 aromatic rings. The Morgan fingerprint density at radius 2 is 1.43 bits per heavy atom. The number of aliphatic hydroxyl groups excluding tert-OH is 1. The second-order valence-electron chi connectivity index (χ2n) is 6.43. The summed E-state index contributed by atoms with van der Waals surface area (Å²) in [4.78, 5) is 24.5. The van der Waals surface area contributed by atoms with Gasteiger partial charge in [-0.25, -0.2) is 14.0 Å². The molecular formula is C21H21FO8. The second kappa shape index (κ2) is 9.55. The van der Waals surface area contributed by atoms with Crippen LogP contribution in [0.15, 0.2) is 48.5 Å². The maximum atomic E-state index is 14.3. The van der Waals surface area contributed by atoms with Gasteiger partial charge in [-0.15, -0.1) is 0 Å². The minimum atomic E-state index is -1.99. The Morgan fingerprint density at radius 3 is 1.93 bits per heavy atom. The Balaban J connectivity index is 1.62. The van der Waals surface area contributed by atoms with Crippen LogP contribution >= 0.6 is 0 Å². The summed E-state index contributed by atoms with van der Waals surface area (Å²) in [5.74, 6) is -0.384. The van der Waals surface area contributed by atoms with Gasteiger partial charge in [0.2, 0.25) is 0 Å². The van der Waals surface area contributed by atoms with E-state index < -0.39 is 43.2 Å². The zero-order valence-corrected chi connectivity index (χ0v) is 16.3. The van der Waals surface area contributed by atoms with Gasteiger partial charge in [0, 0.05) is 0 Å². The molecule has 0 aliphatic carbocycles. The van der Waals surface area contributed by atoms with Crippen LogP contribution in [0.5, 0.6) is 11.5 Å². The van der Waals surface area contributed by atoms with Crippen molar-refractivity contribution in [3.05, 3.63) is 59.7 Å². The highest BCUT2D eigenvalue weighted by Gasteiger charge is 2.47. The first kappa shape index (κ1) is 21.5. The lowest BCUT2D eigenvalue weighted by Crippen LogP contribution is -2.37. The summed E-state index contributed by atoms with van der Waals surface area (Å²) < 4.78 is 39.8. The SMILES string of the molecule is COc1ccc(C(=O)OCC2OC(O)[C@@H](F)[C@@H]2OC(=O)c2ccc(OC)cc2)cc1. The zero-order valence-electron chi connectivity index (χ0n) is 16.3. The number of rotatable bonds is 7. The molecule has 0 amide bonds. The third-order valence-electron chi connectivity index (χ3n) is 4.54. The second-order valence-corrected chi connectivity index (χ2v) is 6.43. The number of carbonyl (C=O) groups is 2. The Labute approximate surface area is 172 Å². The summed E-state index contributed by atoms with van der Waals surface area (Å²) in [6.07, 6.45) is -6.40. The van der Waals surface area contributed by atoms with E-state index in [9.17, 15) is 19.1 Å². The van der Waals surface area contributed by atoms with Crippen LogP contribution in [0.3, 0.4) is 0 Å². The van der Waals surface area contributed by atoms with Crippen molar-refractivity contribution in [2.45, 2.75) is 24.7 Å². The van der Waals surface area contributed by atoms with Crippen molar-refractivity contribution < 1.29 is 42.8 Å². The third-order valence-corrected chi connectivity index (χ3v) is 4.54. The molecular weight excluding hydrogens is 399 g/mol. The maximum Gasteiger partial charge on any atom is 0.338 e. The first-order valence-corrected chi connectivity index (χ1v) is 9.06. The van der Waals surface area contributed by atoms with E-state index in [0.717, 1.165) is 0 Å². The number of halogens is 1. The zero-order chi connectivity index (χ0) is 21.7. The molecule has 160 valence electrons. The first-order chi connectivity index (χ1) is 14.4. The van der Waals surface area contributed by atoms with Crippen molar-refractivity contribution in [1.29, 1.82) is 0 Å². The molecule has 1 aliphatic rings. The molecule has 0 aromatic heterocycles. The Hall–Kier alpha value is -3.17. The highest BCUT2D eigenvalue weighted by atomic mass is 19.1. The molecule has 0 radical (unpaired) electrons. The minimum absolute atomic E-state index is 0.165. The van der Waals surface area contributed by atoms with E-state index in [4.69, 9.17) is 23.7 Å². The van der Waals surface area contributed by atoms with E-state index in [2.05, 4.69) is 0 Å². The average molecular weight is 420 g/mol. The number of carbonyl (C=O) groups excluding carboxylic acids is 2. The quantitative estimate of drug-likeness (QED) is 0.680. The van der Waals surface area contributed by atoms with Crippen molar-refractivity contribution in [1.82, 2.24) is 0 Å². The van der Waals surface area contributed by atoms with Crippen molar-refractivity contribution in [3.8, 4) is 11.5 Å². The molecule has 9 heteroatoms. The Morgan fingerprint density at radius 1 is 0.933 bits per heavy atom. The monoisotopic (exact) mass is 420 g/mol. The van der Waals surface area contributed by atoms with Crippen LogP contribution in [0.4, 0.5) is 4.39 Å². The van der Waals surface area contributed by atoms with Crippen LogP contribution in [0.25, 0.3) is 0 Å². The van der Waals surface area contributed by atoms with E-state index in [0.29, 0.717) is 11.5 Å². The summed E-state index contributed by atoms with van der Waals surface area (Å²) in [7, 11) is 2.98. The Bertz CT molecular complexity index is 868. The summed E-state index contributed by atoms with van der Waals surface area (Å²) in [5, 5.41) is 9.67. The van der Waals surface area contributed by atoms with Crippen molar-refractivity contribution in [2.24, 2.45) is 0 Å². The molecule has 1 fully saturated rings. The number of alkyl halides is 1. The van der Waals surface area contributed by atoms with Gasteiger partial charge >= 0.3 is 11.9 Å². The molecule has 1 aliphatic heterocycles. The smallest absolute Gasteiger partial charge is 0.338 e. The predicted molar refractivity (Wildman–Crippen MR) is 101 cm³/mol. The van der Waals surface area contributed by atoms with E-state index in [1.165, 1.54) is 38.5 Å². The molecule has 2 unspecified atom stereocenters. The number of hydrogen-bond acceptors (Lipinski definition) is 8. The van der Waals surface area contributed by atoms with Gasteiger partial charge in [0.15, 0.2) is 18.6 Å². The highest BCUT2D eigenvalue weighted by molar-refractivity contribution is 5.90. The van der Waals surface area contributed by atoms with Gasteiger partial charge in [-0.05, 0) is 48.5 Å². The lowest BCUT2D eigenvalue weighted by Gasteiger charge is -2.19. The number of hydrogen-bond donors (Lipinski definition) is 1. The summed E-state index contributed by atoms with van der Waals surface area (Å²) in [6.45, 7) is -0.414. The van der Waals surface area contributed by atoms with Gasteiger partial charge in [0.1, 0.15) is 24.2 Å². The number of ether oxygens (including phenoxy) is 5. The van der Waals surface area contributed by atoms with Crippen molar-refractivity contribution in [3.63, 3.8) is 0 Å². The summed E-state index contributed by atoms with van der Waals surface area (Å²) in [5.41, 5.74) is 0.413. The number of aliphatic hydroxyl groups is 1. The largest absolute Gasteiger partial charge is 0.497 e. The third kappa shape index (κ3) is 4.87. The van der Waals surface area contributed by atoms with E-state index in [1.54, 1.807) is 24.3 Å². The maximum absolute atomic E-state index is 14.3. The summed E-state index contributed by atoms with van der Waals surface area (Å²) >= 11 is 0. The molecule has 1 heterocycles. The topological polar surface area (TPSA) is 101 Å². The van der Waals surface area contributed by atoms with E-state index in [-0.39, 0.29) is 11.1 Å². The van der Waals surface area contributed by atoms with Gasteiger partial charge in [0.05, 0.1) is 25.3 Å². The molecule has 4 atom stereocenters. The fourth-order valence-corrected chi connectivity index (χ4v) is 2.86. The molecule has 1 N–H and O–H groups in total.